The minimum absolute atomic E-state index is 0.0347. The molecule has 1 atom stereocenters. The fraction of sp³-hybridized carbons (Fsp3) is 0.526. The molecule has 0 saturated carbocycles. The van der Waals surface area contributed by atoms with Crippen LogP contribution in [0.25, 0.3) is 0 Å². The van der Waals surface area contributed by atoms with E-state index in [1.54, 1.807) is 0 Å². The predicted octanol–water partition coefficient (Wildman–Crippen LogP) is 2.48. The molecule has 2 saturated heterocycles. The van der Waals surface area contributed by atoms with Gasteiger partial charge in [-0.3, -0.25) is 9.69 Å². The fourth-order valence-corrected chi connectivity index (χ4v) is 3.83. The number of hydrogen-bond donors (Lipinski definition) is 0. The number of halogens is 1. The molecule has 1 aromatic rings. The van der Waals surface area contributed by atoms with Gasteiger partial charge in [0.15, 0.2) is 0 Å². The third-order valence-corrected chi connectivity index (χ3v) is 5.19. The number of rotatable bonds is 3. The van der Waals surface area contributed by atoms with Crippen molar-refractivity contribution in [2.24, 2.45) is 0 Å². The van der Waals surface area contributed by atoms with E-state index in [0.717, 1.165) is 62.7 Å². The standard InChI is InChI=1S/C19H24ClN3O/c1-2-9-22-10-4-3-8-18(22)19(24)23-13-11-21(12-14-23)17-7-5-6-16(20)15-17/h1,5-7,15,18H,3-4,8-14H2/t18-/m0/s1. The highest BCUT2D eigenvalue weighted by molar-refractivity contribution is 6.30. The van der Waals surface area contributed by atoms with Crippen molar-refractivity contribution in [1.29, 1.82) is 0 Å². The Kier molecular flexibility index (Phi) is 5.65. The molecule has 3 rings (SSSR count). The minimum Gasteiger partial charge on any atom is -0.368 e. The van der Waals surface area contributed by atoms with E-state index in [0.29, 0.717) is 6.54 Å². The molecule has 0 aliphatic carbocycles. The minimum atomic E-state index is -0.0347. The van der Waals surface area contributed by atoms with Crippen molar-refractivity contribution in [2.75, 3.05) is 44.2 Å². The van der Waals surface area contributed by atoms with Crippen LogP contribution in [0.15, 0.2) is 24.3 Å². The normalized spacial score (nSPS) is 22.2. The van der Waals surface area contributed by atoms with Crippen molar-refractivity contribution in [1.82, 2.24) is 9.80 Å². The Balaban J connectivity index is 1.59. The highest BCUT2D eigenvalue weighted by Gasteiger charge is 2.32. The average molecular weight is 346 g/mol. The summed E-state index contributed by atoms with van der Waals surface area (Å²) in [5.74, 6) is 2.94. The van der Waals surface area contributed by atoms with Crippen molar-refractivity contribution in [3.63, 3.8) is 0 Å². The Hall–Kier alpha value is -1.70. The second kappa shape index (κ2) is 7.92. The first-order chi connectivity index (χ1) is 11.7. The van der Waals surface area contributed by atoms with E-state index in [9.17, 15) is 4.79 Å². The van der Waals surface area contributed by atoms with Crippen molar-refractivity contribution in [3.05, 3.63) is 29.3 Å². The van der Waals surface area contributed by atoms with Crippen LogP contribution in [0.2, 0.25) is 5.02 Å². The van der Waals surface area contributed by atoms with Crippen molar-refractivity contribution in [2.45, 2.75) is 25.3 Å². The summed E-state index contributed by atoms with van der Waals surface area (Å²) in [6, 6.07) is 7.86. The van der Waals surface area contributed by atoms with Crippen LogP contribution in [0, 0.1) is 12.3 Å². The van der Waals surface area contributed by atoms with E-state index < -0.39 is 0 Å². The monoisotopic (exact) mass is 345 g/mol. The number of carbonyl (C=O) groups excluding carboxylic acids is 1. The van der Waals surface area contributed by atoms with Crippen molar-refractivity contribution in [3.8, 4) is 12.3 Å². The van der Waals surface area contributed by atoms with Gasteiger partial charge in [0.1, 0.15) is 0 Å². The number of hydrogen-bond acceptors (Lipinski definition) is 3. The van der Waals surface area contributed by atoms with Crippen LogP contribution in [-0.4, -0.2) is 61.0 Å². The summed E-state index contributed by atoms with van der Waals surface area (Å²) in [4.78, 5) is 19.4. The molecule has 0 aromatic heterocycles. The molecule has 0 unspecified atom stereocenters. The molecule has 128 valence electrons. The van der Waals surface area contributed by atoms with Crippen LogP contribution in [0.1, 0.15) is 19.3 Å². The lowest BCUT2D eigenvalue weighted by atomic mass is 10.0. The van der Waals surface area contributed by atoms with Gasteiger partial charge in [0, 0.05) is 36.9 Å². The first-order valence-corrected chi connectivity index (χ1v) is 9.03. The third-order valence-electron chi connectivity index (χ3n) is 4.96. The third kappa shape index (κ3) is 3.85. The van der Waals surface area contributed by atoms with E-state index in [2.05, 4.69) is 21.8 Å². The molecule has 5 heteroatoms. The largest absolute Gasteiger partial charge is 0.368 e. The molecule has 1 aromatic carbocycles. The maximum Gasteiger partial charge on any atom is 0.240 e. The molecular weight excluding hydrogens is 322 g/mol. The maximum atomic E-state index is 12.9. The zero-order chi connectivity index (χ0) is 16.9. The summed E-state index contributed by atoms with van der Waals surface area (Å²) < 4.78 is 0. The molecule has 0 radical (unpaired) electrons. The Labute approximate surface area is 149 Å². The van der Waals surface area contributed by atoms with Gasteiger partial charge in [0.25, 0.3) is 0 Å². The van der Waals surface area contributed by atoms with E-state index in [1.165, 1.54) is 0 Å². The Morgan fingerprint density at radius 2 is 2.00 bits per heavy atom. The van der Waals surface area contributed by atoms with E-state index in [-0.39, 0.29) is 11.9 Å². The zero-order valence-corrected chi connectivity index (χ0v) is 14.7. The Morgan fingerprint density at radius 3 is 2.71 bits per heavy atom. The molecule has 2 fully saturated rings. The molecule has 0 N–H and O–H groups in total. The van der Waals surface area contributed by atoms with E-state index in [1.807, 2.05) is 23.1 Å². The molecule has 2 aliphatic rings. The smallest absolute Gasteiger partial charge is 0.240 e. The van der Waals surface area contributed by atoms with Crippen molar-refractivity contribution >= 4 is 23.2 Å². The Morgan fingerprint density at radius 1 is 1.21 bits per heavy atom. The highest BCUT2D eigenvalue weighted by atomic mass is 35.5. The van der Waals surface area contributed by atoms with Gasteiger partial charge in [-0.1, -0.05) is 30.0 Å². The number of piperidine rings is 1. The van der Waals surface area contributed by atoms with Gasteiger partial charge < -0.3 is 9.80 Å². The van der Waals surface area contributed by atoms with Gasteiger partial charge >= 0.3 is 0 Å². The second-order valence-corrected chi connectivity index (χ2v) is 6.91. The van der Waals surface area contributed by atoms with Gasteiger partial charge in [-0.25, -0.2) is 0 Å². The zero-order valence-electron chi connectivity index (χ0n) is 14.0. The van der Waals surface area contributed by atoms with E-state index in [4.69, 9.17) is 18.0 Å². The summed E-state index contributed by atoms with van der Waals surface area (Å²) in [7, 11) is 0. The number of terminal acetylenes is 1. The molecule has 1 amide bonds. The van der Waals surface area contributed by atoms with Gasteiger partial charge in [-0.2, -0.15) is 0 Å². The lowest BCUT2D eigenvalue weighted by Crippen LogP contribution is -2.56. The quantitative estimate of drug-likeness (QED) is 0.787. The van der Waals surface area contributed by atoms with E-state index >= 15 is 0 Å². The molecule has 4 nitrogen and oxygen atoms in total. The first-order valence-electron chi connectivity index (χ1n) is 8.66. The van der Waals surface area contributed by atoms with Crippen molar-refractivity contribution < 1.29 is 4.79 Å². The number of likely N-dealkylation sites (tertiary alicyclic amines) is 1. The summed E-state index contributed by atoms with van der Waals surface area (Å²) >= 11 is 6.08. The first kappa shape index (κ1) is 17.1. The summed E-state index contributed by atoms with van der Waals surface area (Å²) in [6.45, 7) is 4.70. The lowest BCUT2D eigenvalue weighted by Gasteiger charge is -2.41. The van der Waals surface area contributed by atoms with Crippen LogP contribution in [-0.2, 0) is 4.79 Å². The number of nitrogens with zero attached hydrogens (tertiary/aromatic N) is 3. The fourth-order valence-electron chi connectivity index (χ4n) is 3.65. The summed E-state index contributed by atoms with van der Waals surface area (Å²) in [5.41, 5.74) is 1.13. The molecule has 2 aliphatic heterocycles. The van der Waals surface area contributed by atoms with Crippen LogP contribution in [0.3, 0.4) is 0 Å². The SMILES string of the molecule is C#CCN1CCCC[C@H]1C(=O)N1CCN(c2cccc(Cl)c2)CC1. The Bertz CT molecular complexity index is 619. The predicted molar refractivity (Wildman–Crippen MR) is 98.3 cm³/mol. The second-order valence-electron chi connectivity index (χ2n) is 6.48. The average Bonchev–Trinajstić information content (AvgIpc) is 2.62. The number of carbonyl (C=O) groups is 1. The number of anilines is 1. The molecule has 0 spiro atoms. The maximum absolute atomic E-state index is 12.9. The number of benzene rings is 1. The van der Waals surface area contributed by atoms with Gasteiger partial charge in [-0.15, -0.1) is 6.42 Å². The highest BCUT2D eigenvalue weighted by Crippen LogP contribution is 2.23. The van der Waals surface area contributed by atoms with Crippen LogP contribution < -0.4 is 4.90 Å². The summed E-state index contributed by atoms with van der Waals surface area (Å²) in [5, 5.41) is 0.748. The van der Waals surface area contributed by atoms with Crippen LogP contribution in [0.5, 0.6) is 0 Å². The molecular formula is C19H24ClN3O. The molecule has 24 heavy (non-hydrogen) atoms. The van der Waals surface area contributed by atoms with Gasteiger partial charge in [-0.05, 0) is 37.6 Å². The molecule has 0 bridgehead atoms. The number of piperazine rings is 1. The van der Waals surface area contributed by atoms with Gasteiger partial charge in [0.05, 0.1) is 12.6 Å². The lowest BCUT2D eigenvalue weighted by molar-refractivity contribution is -0.138. The van der Waals surface area contributed by atoms with Crippen LogP contribution >= 0.6 is 11.6 Å². The molecule has 2 heterocycles. The number of amides is 1. The van der Waals surface area contributed by atoms with Crippen LogP contribution in [0.4, 0.5) is 5.69 Å². The summed E-state index contributed by atoms with van der Waals surface area (Å²) in [6.07, 6.45) is 8.63. The van der Waals surface area contributed by atoms with Gasteiger partial charge in [0.2, 0.25) is 5.91 Å². The topological polar surface area (TPSA) is 26.8 Å².